The zero-order chi connectivity index (χ0) is 22.5. The highest BCUT2D eigenvalue weighted by Gasteiger charge is 2.47. The number of rotatable bonds is 4. The summed E-state index contributed by atoms with van der Waals surface area (Å²) in [5.41, 5.74) is 2.72. The third-order valence-corrected chi connectivity index (χ3v) is 6.15. The number of sulfone groups is 1. The van der Waals surface area contributed by atoms with Gasteiger partial charge in [0, 0.05) is 6.92 Å². The SMILES string of the molecule is CC(F)(F)S(=O)(=O)c1c(C(=O)NS)nn(-c2c(Cl)cc(C(F)(F)F)cc2Cl)c1N. The predicted molar refractivity (Wildman–Crippen MR) is 97.3 cm³/mol. The molecule has 0 radical (unpaired) electrons. The van der Waals surface area contributed by atoms with Crippen molar-refractivity contribution in [3.8, 4) is 5.69 Å². The first-order valence-corrected chi connectivity index (χ1v) is 9.74. The first kappa shape index (κ1) is 23.5. The molecule has 0 aliphatic heterocycles. The summed E-state index contributed by atoms with van der Waals surface area (Å²) in [5.74, 6) is -2.36. The quantitative estimate of drug-likeness (QED) is 0.439. The Bertz CT molecular complexity index is 1070. The van der Waals surface area contributed by atoms with Crippen LogP contribution in [0.5, 0.6) is 0 Å². The first-order chi connectivity index (χ1) is 13.0. The van der Waals surface area contributed by atoms with E-state index in [1.165, 1.54) is 0 Å². The Hall–Kier alpha value is -1.77. The Balaban J connectivity index is 2.89. The van der Waals surface area contributed by atoms with Crippen LogP contribution in [-0.2, 0) is 16.0 Å². The van der Waals surface area contributed by atoms with Crippen molar-refractivity contribution < 1.29 is 35.2 Å². The van der Waals surface area contributed by atoms with Crippen molar-refractivity contribution in [2.24, 2.45) is 0 Å². The van der Waals surface area contributed by atoms with Gasteiger partial charge in [-0.05, 0) is 12.1 Å². The van der Waals surface area contributed by atoms with Crippen molar-refractivity contribution in [2.75, 3.05) is 5.73 Å². The van der Waals surface area contributed by atoms with Gasteiger partial charge in [-0.3, -0.25) is 9.52 Å². The summed E-state index contributed by atoms with van der Waals surface area (Å²) in [7, 11) is -5.54. The molecule has 16 heteroatoms. The molecular formula is C13H9Cl2F5N4O3S2. The highest BCUT2D eigenvalue weighted by atomic mass is 35.5. The normalized spacial score (nSPS) is 12.9. The third kappa shape index (κ3) is 4.11. The summed E-state index contributed by atoms with van der Waals surface area (Å²) in [4.78, 5) is 10.5. The number of hydrogen-bond donors (Lipinski definition) is 3. The van der Waals surface area contributed by atoms with E-state index in [-0.39, 0.29) is 6.92 Å². The summed E-state index contributed by atoms with van der Waals surface area (Å²) < 4.78 is 92.5. The number of nitrogens with one attached hydrogen (secondary N) is 1. The smallest absolute Gasteiger partial charge is 0.382 e. The molecule has 2 aromatic rings. The highest BCUT2D eigenvalue weighted by molar-refractivity contribution is 7.92. The van der Waals surface area contributed by atoms with E-state index in [0.717, 1.165) is 0 Å². The molecule has 0 aliphatic carbocycles. The largest absolute Gasteiger partial charge is 0.416 e. The van der Waals surface area contributed by atoms with Crippen molar-refractivity contribution in [2.45, 2.75) is 23.3 Å². The Morgan fingerprint density at radius 2 is 1.69 bits per heavy atom. The topological polar surface area (TPSA) is 107 Å². The maximum Gasteiger partial charge on any atom is 0.416 e. The molecule has 1 aromatic carbocycles. The fourth-order valence-corrected chi connectivity index (χ4v) is 4.03. The van der Waals surface area contributed by atoms with Crippen molar-refractivity contribution in [3.63, 3.8) is 0 Å². The van der Waals surface area contributed by atoms with E-state index in [2.05, 4.69) is 17.9 Å². The van der Waals surface area contributed by atoms with Crippen molar-refractivity contribution in [3.05, 3.63) is 33.4 Å². The van der Waals surface area contributed by atoms with Crippen LogP contribution in [-0.4, -0.2) is 29.4 Å². The van der Waals surface area contributed by atoms with Crippen molar-refractivity contribution in [1.82, 2.24) is 14.5 Å². The molecule has 3 N–H and O–H groups in total. The summed E-state index contributed by atoms with van der Waals surface area (Å²) >= 11 is 15.0. The lowest BCUT2D eigenvalue weighted by Gasteiger charge is -2.14. The number of thiol groups is 1. The number of carbonyl (C=O) groups is 1. The van der Waals surface area contributed by atoms with E-state index in [4.69, 9.17) is 28.9 Å². The van der Waals surface area contributed by atoms with Crippen LogP contribution in [0.15, 0.2) is 17.0 Å². The van der Waals surface area contributed by atoms with Crippen LogP contribution < -0.4 is 10.5 Å². The second kappa shape index (κ2) is 7.49. The number of anilines is 1. The number of nitrogen functional groups attached to an aromatic ring is 1. The molecule has 0 aliphatic rings. The van der Waals surface area contributed by atoms with Gasteiger partial charge in [-0.15, -0.1) is 0 Å². The Morgan fingerprint density at radius 1 is 1.21 bits per heavy atom. The molecule has 0 saturated heterocycles. The van der Waals surface area contributed by atoms with E-state index in [0.29, 0.717) is 16.8 Å². The van der Waals surface area contributed by atoms with Crippen LogP contribution in [0.2, 0.25) is 10.0 Å². The lowest BCUT2D eigenvalue weighted by atomic mass is 10.2. The average molecular weight is 499 g/mol. The first-order valence-electron chi connectivity index (χ1n) is 7.06. The van der Waals surface area contributed by atoms with Crippen molar-refractivity contribution >= 4 is 57.6 Å². The molecule has 7 nitrogen and oxygen atoms in total. The summed E-state index contributed by atoms with van der Waals surface area (Å²) in [6.45, 7) is 0.0412. The van der Waals surface area contributed by atoms with Gasteiger partial charge >= 0.3 is 11.4 Å². The minimum Gasteiger partial charge on any atom is -0.382 e. The lowest BCUT2D eigenvalue weighted by molar-refractivity contribution is -0.137. The maximum atomic E-state index is 13.7. The fraction of sp³-hybridized carbons (Fsp3) is 0.231. The Kier molecular flexibility index (Phi) is 6.07. The van der Waals surface area contributed by atoms with Crippen LogP contribution in [0, 0.1) is 0 Å². The van der Waals surface area contributed by atoms with Crippen LogP contribution in [0.25, 0.3) is 5.69 Å². The minimum absolute atomic E-state index is 0.0412. The number of nitrogens with two attached hydrogens (primary N) is 1. The van der Waals surface area contributed by atoms with Gasteiger partial charge in [-0.2, -0.15) is 27.1 Å². The number of alkyl halides is 5. The summed E-state index contributed by atoms with van der Waals surface area (Å²) in [6.07, 6.45) is -4.82. The molecule has 0 atom stereocenters. The molecule has 0 fully saturated rings. The number of aromatic nitrogens is 2. The minimum atomic E-state index is -5.54. The van der Waals surface area contributed by atoms with E-state index >= 15 is 0 Å². The molecule has 0 bridgehead atoms. The van der Waals surface area contributed by atoms with E-state index in [1.54, 1.807) is 4.72 Å². The molecule has 0 saturated carbocycles. The molecule has 29 heavy (non-hydrogen) atoms. The monoisotopic (exact) mass is 498 g/mol. The summed E-state index contributed by atoms with van der Waals surface area (Å²) in [5, 5.41) is -2.25. The zero-order valence-electron chi connectivity index (χ0n) is 13.9. The van der Waals surface area contributed by atoms with Crippen LogP contribution in [0.4, 0.5) is 27.8 Å². The molecule has 2 rings (SSSR count). The van der Waals surface area contributed by atoms with Crippen LogP contribution in [0.3, 0.4) is 0 Å². The summed E-state index contributed by atoms with van der Waals surface area (Å²) in [6, 6.07) is 0.871. The molecule has 0 spiro atoms. The number of nitrogens with zero attached hydrogens (tertiary/aromatic N) is 2. The number of benzene rings is 1. The van der Waals surface area contributed by atoms with Gasteiger partial charge in [0.2, 0.25) is 9.84 Å². The standard InChI is InChI=1S/C13H9Cl2F5N4O3S2/c1-12(16,17)29(26,27)9-7(11(25)23-28)22-24(10(9)21)8-5(14)2-4(3-6(8)15)13(18,19)20/h2-3,28H,21H2,1H3,(H,23,25). The Labute approximate surface area is 175 Å². The maximum absolute atomic E-state index is 13.7. The van der Waals surface area contributed by atoms with E-state index in [9.17, 15) is 35.2 Å². The van der Waals surface area contributed by atoms with Gasteiger partial charge in [-0.25, -0.2) is 13.1 Å². The van der Waals surface area contributed by atoms with Gasteiger partial charge in [0.1, 0.15) is 16.4 Å². The van der Waals surface area contributed by atoms with Gasteiger partial charge in [0.15, 0.2) is 5.69 Å². The molecular weight excluding hydrogens is 490 g/mol. The number of halogens is 7. The molecule has 160 valence electrons. The number of amides is 1. The molecule has 1 aromatic heterocycles. The lowest BCUT2D eigenvalue weighted by Crippen LogP contribution is -2.28. The second-order valence-electron chi connectivity index (χ2n) is 5.51. The van der Waals surface area contributed by atoms with E-state index < -0.39 is 64.9 Å². The van der Waals surface area contributed by atoms with Crippen molar-refractivity contribution in [1.29, 1.82) is 0 Å². The van der Waals surface area contributed by atoms with Gasteiger partial charge in [-0.1, -0.05) is 36.0 Å². The predicted octanol–water partition coefficient (Wildman–Crippen LogP) is 3.74. The van der Waals surface area contributed by atoms with Gasteiger partial charge in [0.25, 0.3) is 5.91 Å². The third-order valence-electron chi connectivity index (χ3n) is 3.49. The molecule has 0 unspecified atom stereocenters. The number of hydrogen-bond acceptors (Lipinski definition) is 6. The van der Waals surface area contributed by atoms with Gasteiger partial charge in [0.05, 0.1) is 15.6 Å². The number of carbonyl (C=O) groups excluding carboxylic acids is 1. The Morgan fingerprint density at radius 3 is 2.07 bits per heavy atom. The highest BCUT2D eigenvalue weighted by Crippen LogP contribution is 2.41. The van der Waals surface area contributed by atoms with E-state index in [1.807, 2.05) is 0 Å². The average Bonchev–Trinajstić information content (AvgIpc) is 2.89. The molecule has 1 heterocycles. The van der Waals surface area contributed by atoms with Gasteiger partial charge < -0.3 is 5.73 Å². The molecule has 1 amide bonds. The second-order valence-corrected chi connectivity index (χ2v) is 8.68. The van der Waals surface area contributed by atoms with Crippen LogP contribution >= 0.6 is 36.0 Å². The fourth-order valence-electron chi connectivity index (χ4n) is 2.16. The van der Waals surface area contributed by atoms with Crippen LogP contribution in [0.1, 0.15) is 23.0 Å². The zero-order valence-corrected chi connectivity index (χ0v) is 17.1.